The number of anilines is 1. The third kappa shape index (κ3) is 3.42. The first-order valence-electron chi connectivity index (χ1n) is 9.31. The maximum atomic E-state index is 13.4. The summed E-state index contributed by atoms with van der Waals surface area (Å²) in [6.07, 6.45) is 2.22. The van der Waals surface area contributed by atoms with Gasteiger partial charge in [-0.15, -0.1) is 16.9 Å². The number of rotatable bonds is 5. The van der Waals surface area contributed by atoms with Crippen LogP contribution in [0.5, 0.6) is 0 Å². The van der Waals surface area contributed by atoms with Gasteiger partial charge in [0.25, 0.3) is 0 Å². The molecule has 2 aromatic carbocycles. The van der Waals surface area contributed by atoms with Crippen molar-refractivity contribution in [3.63, 3.8) is 0 Å². The number of tetrazole rings is 1. The quantitative estimate of drug-likeness (QED) is 0.594. The molecule has 6 nitrogen and oxygen atoms in total. The lowest BCUT2D eigenvalue weighted by Crippen LogP contribution is -2.39. The molecule has 1 unspecified atom stereocenters. The van der Waals surface area contributed by atoms with E-state index in [-0.39, 0.29) is 11.9 Å². The van der Waals surface area contributed by atoms with Gasteiger partial charge in [-0.3, -0.25) is 4.79 Å². The number of aromatic nitrogens is 4. The Bertz CT molecular complexity index is 989. The highest BCUT2D eigenvalue weighted by atomic mass is 32.2. The fourth-order valence-electron chi connectivity index (χ4n) is 3.44. The summed E-state index contributed by atoms with van der Waals surface area (Å²) in [5.74, 6) is 1.24. The molecular formula is C20H19N5OS2. The van der Waals surface area contributed by atoms with Gasteiger partial charge in [0.1, 0.15) is 0 Å². The molecule has 0 bridgehead atoms. The topological polar surface area (TPSA) is 63.9 Å². The maximum Gasteiger partial charge on any atom is 0.238 e. The molecule has 1 amide bonds. The van der Waals surface area contributed by atoms with Crippen LogP contribution < -0.4 is 4.90 Å². The van der Waals surface area contributed by atoms with Crippen molar-refractivity contribution in [2.75, 3.05) is 16.4 Å². The Morgan fingerprint density at radius 1 is 1.11 bits per heavy atom. The molecule has 1 saturated carbocycles. The SMILES string of the molecule is O=C(CSc1nnnn1C1CC1)N1c2ccccc2SCC1c1ccccc1. The number of amides is 1. The lowest BCUT2D eigenvalue weighted by Gasteiger charge is -2.37. The Balaban J connectivity index is 1.42. The zero-order valence-electron chi connectivity index (χ0n) is 15.1. The summed E-state index contributed by atoms with van der Waals surface area (Å²) in [4.78, 5) is 16.5. The summed E-state index contributed by atoms with van der Waals surface area (Å²) >= 11 is 3.23. The number of carbonyl (C=O) groups excluding carboxylic acids is 1. The molecule has 2 heterocycles. The largest absolute Gasteiger partial charge is 0.302 e. The van der Waals surface area contributed by atoms with Crippen LogP contribution in [0.1, 0.15) is 30.5 Å². The van der Waals surface area contributed by atoms with Crippen molar-refractivity contribution in [1.29, 1.82) is 0 Å². The number of hydrogen-bond acceptors (Lipinski definition) is 6. The minimum absolute atomic E-state index is 0.0219. The van der Waals surface area contributed by atoms with E-state index in [4.69, 9.17) is 0 Å². The molecule has 2 aliphatic rings. The summed E-state index contributed by atoms with van der Waals surface area (Å²) in [6.45, 7) is 0. The minimum Gasteiger partial charge on any atom is -0.302 e. The van der Waals surface area contributed by atoms with Crippen LogP contribution in [0.3, 0.4) is 0 Å². The van der Waals surface area contributed by atoms with Crippen LogP contribution in [0.2, 0.25) is 0 Å². The van der Waals surface area contributed by atoms with Gasteiger partial charge in [-0.05, 0) is 41.0 Å². The van der Waals surface area contributed by atoms with E-state index in [2.05, 4.69) is 33.7 Å². The van der Waals surface area contributed by atoms with Gasteiger partial charge in [-0.1, -0.05) is 54.2 Å². The van der Waals surface area contributed by atoms with Gasteiger partial charge in [-0.25, -0.2) is 4.68 Å². The summed E-state index contributed by atoms with van der Waals surface area (Å²) in [5, 5.41) is 12.7. The van der Waals surface area contributed by atoms with E-state index in [9.17, 15) is 4.79 Å². The number of thioether (sulfide) groups is 2. The van der Waals surface area contributed by atoms with E-state index in [0.29, 0.717) is 11.8 Å². The molecule has 1 aliphatic carbocycles. The smallest absolute Gasteiger partial charge is 0.238 e. The van der Waals surface area contributed by atoms with E-state index < -0.39 is 0 Å². The summed E-state index contributed by atoms with van der Waals surface area (Å²) in [5.41, 5.74) is 2.14. The predicted octanol–water partition coefficient (Wildman–Crippen LogP) is 3.98. The number of nitrogens with zero attached hydrogens (tertiary/aromatic N) is 5. The Labute approximate surface area is 171 Å². The van der Waals surface area contributed by atoms with Gasteiger partial charge >= 0.3 is 0 Å². The number of carbonyl (C=O) groups is 1. The third-order valence-corrected chi connectivity index (χ3v) is 7.02. The first-order valence-corrected chi connectivity index (χ1v) is 11.3. The predicted molar refractivity (Wildman–Crippen MR) is 111 cm³/mol. The standard InChI is InChI=1S/C20H19N5OS2/c26-19(13-28-20-21-22-23-25(20)15-10-11-15)24-16-8-4-5-9-18(16)27-12-17(24)14-6-2-1-3-7-14/h1-9,15,17H,10-13H2. The van der Waals surface area contributed by atoms with Crippen LogP contribution in [0.4, 0.5) is 5.69 Å². The molecule has 3 aromatic rings. The van der Waals surface area contributed by atoms with Gasteiger partial charge in [-0.2, -0.15) is 0 Å². The number of para-hydroxylation sites is 1. The lowest BCUT2D eigenvalue weighted by molar-refractivity contribution is -0.116. The Morgan fingerprint density at radius 3 is 2.71 bits per heavy atom. The first kappa shape index (κ1) is 17.8. The van der Waals surface area contributed by atoms with Gasteiger partial charge in [0, 0.05) is 10.6 Å². The van der Waals surface area contributed by atoms with Crippen LogP contribution in [0.15, 0.2) is 64.6 Å². The molecule has 0 saturated heterocycles. The van der Waals surface area contributed by atoms with Gasteiger partial charge < -0.3 is 4.90 Å². The molecule has 142 valence electrons. The average Bonchev–Trinajstić information content (AvgIpc) is 3.49. The second kappa shape index (κ2) is 7.60. The molecule has 1 aliphatic heterocycles. The van der Waals surface area contributed by atoms with E-state index in [1.54, 1.807) is 11.8 Å². The molecule has 8 heteroatoms. The first-order chi connectivity index (χ1) is 13.8. The summed E-state index contributed by atoms with van der Waals surface area (Å²) in [7, 11) is 0. The fourth-order valence-corrected chi connectivity index (χ4v) is 5.41. The molecule has 0 N–H and O–H groups in total. The summed E-state index contributed by atoms with van der Waals surface area (Å²) < 4.78 is 1.85. The van der Waals surface area contributed by atoms with Crippen LogP contribution in [0.25, 0.3) is 0 Å². The lowest BCUT2D eigenvalue weighted by atomic mass is 10.1. The van der Waals surface area contributed by atoms with Crippen molar-refractivity contribution in [2.45, 2.75) is 35.0 Å². The van der Waals surface area contributed by atoms with Crippen molar-refractivity contribution in [2.24, 2.45) is 0 Å². The zero-order valence-corrected chi connectivity index (χ0v) is 16.8. The third-order valence-electron chi connectivity index (χ3n) is 4.97. The number of fused-ring (bicyclic) bond motifs is 1. The highest BCUT2D eigenvalue weighted by molar-refractivity contribution is 8.00. The molecular weight excluding hydrogens is 390 g/mol. The van der Waals surface area contributed by atoms with Crippen LogP contribution in [-0.4, -0.2) is 37.6 Å². The summed E-state index contributed by atoms with van der Waals surface area (Å²) in [6, 6.07) is 18.8. The average molecular weight is 410 g/mol. The zero-order chi connectivity index (χ0) is 18.9. The fraction of sp³-hybridized carbons (Fsp3) is 0.300. The molecule has 28 heavy (non-hydrogen) atoms. The van der Waals surface area contributed by atoms with Crippen LogP contribution in [0, 0.1) is 0 Å². The van der Waals surface area contributed by atoms with Crippen molar-refractivity contribution < 1.29 is 4.79 Å². The van der Waals surface area contributed by atoms with E-state index in [0.717, 1.165) is 39.9 Å². The van der Waals surface area contributed by atoms with Crippen molar-refractivity contribution in [3.05, 3.63) is 60.2 Å². The highest BCUT2D eigenvalue weighted by Gasteiger charge is 2.33. The second-order valence-corrected chi connectivity index (χ2v) is 8.90. The molecule has 5 rings (SSSR count). The molecule has 0 radical (unpaired) electrons. The number of benzene rings is 2. The molecule has 0 spiro atoms. The second-order valence-electron chi connectivity index (χ2n) is 6.89. The molecule has 1 atom stereocenters. The minimum atomic E-state index is 0.0219. The van der Waals surface area contributed by atoms with Gasteiger partial charge in [0.15, 0.2) is 0 Å². The van der Waals surface area contributed by atoms with Gasteiger partial charge in [0.05, 0.1) is 23.5 Å². The van der Waals surface area contributed by atoms with Crippen molar-refractivity contribution in [1.82, 2.24) is 20.2 Å². The Morgan fingerprint density at radius 2 is 1.89 bits per heavy atom. The van der Waals surface area contributed by atoms with Gasteiger partial charge in [0.2, 0.25) is 11.1 Å². The Hall–Kier alpha value is -2.32. The Kier molecular flexibility index (Phi) is 4.82. The van der Waals surface area contributed by atoms with Crippen LogP contribution >= 0.6 is 23.5 Å². The molecule has 1 fully saturated rings. The normalized spacial score (nSPS) is 18.7. The van der Waals surface area contributed by atoms with Crippen molar-refractivity contribution >= 4 is 35.1 Å². The maximum absolute atomic E-state index is 13.4. The number of hydrogen-bond donors (Lipinski definition) is 0. The van der Waals surface area contributed by atoms with Crippen molar-refractivity contribution in [3.8, 4) is 0 Å². The van der Waals surface area contributed by atoms with Crippen LogP contribution in [-0.2, 0) is 4.79 Å². The highest BCUT2D eigenvalue weighted by Crippen LogP contribution is 2.43. The van der Waals surface area contributed by atoms with E-state index in [1.165, 1.54) is 11.8 Å². The molecule has 1 aromatic heterocycles. The van der Waals surface area contributed by atoms with E-state index in [1.807, 2.05) is 46.0 Å². The van der Waals surface area contributed by atoms with E-state index >= 15 is 0 Å². The monoisotopic (exact) mass is 409 g/mol.